The molecule has 1 atom stereocenters. The molecule has 0 radical (unpaired) electrons. The summed E-state index contributed by atoms with van der Waals surface area (Å²) in [6.45, 7) is 7.97. The zero-order chi connectivity index (χ0) is 18.4. The van der Waals surface area contributed by atoms with Crippen molar-refractivity contribution in [1.82, 2.24) is 15.1 Å². The molecule has 1 fully saturated rings. The van der Waals surface area contributed by atoms with Gasteiger partial charge in [-0.15, -0.1) is 0 Å². The molecule has 2 aliphatic rings. The van der Waals surface area contributed by atoms with Gasteiger partial charge in [-0.3, -0.25) is 9.69 Å². The van der Waals surface area contributed by atoms with Gasteiger partial charge in [0.05, 0.1) is 7.11 Å². The molecule has 1 unspecified atom stereocenters. The van der Waals surface area contributed by atoms with E-state index in [2.05, 4.69) is 35.3 Å². The molecule has 144 valence electrons. The summed E-state index contributed by atoms with van der Waals surface area (Å²) >= 11 is 0. The number of unbranched alkanes of at least 4 members (excludes halogenated alkanes) is 1. The van der Waals surface area contributed by atoms with Crippen LogP contribution in [0.3, 0.4) is 0 Å². The van der Waals surface area contributed by atoms with Gasteiger partial charge in [0.1, 0.15) is 5.75 Å². The van der Waals surface area contributed by atoms with Gasteiger partial charge in [-0.1, -0.05) is 13.0 Å². The Morgan fingerprint density at radius 1 is 1.23 bits per heavy atom. The smallest absolute Gasteiger partial charge is 0.223 e. The first-order valence-corrected chi connectivity index (χ1v) is 10.1. The Balaban J connectivity index is 1.44. The van der Waals surface area contributed by atoms with E-state index >= 15 is 0 Å². The molecule has 0 aromatic heterocycles. The van der Waals surface area contributed by atoms with Crippen LogP contribution in [0.25, 0.3) is 0 Å². The highest BCUT2D eigenvalue weighted by Crippen LogP contribution is 2.29. The minimum Gasteiger partial charge on any atom is -0.497 e. The minimum atomic E-state index is 0.308. The van der Waals surface area contributed by atoms with E-state index in [4.69, 9.17) is 4.74 Å². The summed E-state index contributed by atoms with van der Waals surface area (Å²) in [5.74, 6) is 1.27. The van der Waals surface area contributed by atoms with Crippen molar-refractivity contribution in [3.05, 3.63) is 29.3 Å². The molecule has 1 amide bonds. The Hall–Kier alpha value is -1.59. The fourth-order valence-electron chi connectivity index (χ4n) is 4.23. The lowest BCUT2D eigenvalue weighted by atomic mass is 10.1. The molecule has 5 heteroatoms. The van der Waals surface area contributed by atoms with Crippen LogP contribution in [0.4, 0.5) is 0 Å². The molecule has 0 bridgehead atoms. The molecule has 1 saturated heterocycles. The van der Waals surface area contributed by atoms with Crippen molar-refractivity contribution in [2.45, 2.75) is 45.1 Å². The van der Waals surface area contributed by atoms with Gasteiger partial charge in [-0.2, -0.15) is 0 Å². The van der Waals surface area contributed by atoms with E-state index in [1.165, 1.54) is 11.1 Å². The highest BCUT2D eigenvalue weighted by molar-refractivity contribution is 5.76. The number of hydrogen-bond acceptors (Lipinski definition) is 4. The van der Waals surface area contributed by atoms with Gasteiger partial charge in [0.15, 0.2) is 0 Å². The maximum Gasteiger partial charge on any atom is 0.223 e. The third-order valence-electron chi connectivity index (χ3n) is 5.80. The lowest BCUT2D eigenvalue weighted by Crippen LogP contribution is -2.37. The number of nitrogens with one attached hydrogen (secondary N) is 1. The minimum absolute atomic E-state index is 0.308. The lowest BCUT2D eigenvalue weighted by Gasteiger charge is -2.28. The average Bonchev–Trinajstić information content (AvgIpc) is 2.97. The first-order chi connectivity index (χ1) is 12.7. The highest BCUT2D eigenvalue weighted by Gasteiger charge is 2.26. The third kappa shape index (κ3) is 4.77. The zero-order valence-electron chi connectivity index (χ0n) is 16.3. The fourth-order valence-corrected chi connectivity index (χ4v) is 4.23. The number of fused-ring (bicyclic) bond motifs is 1. The van der Waals surface area contributed by atoms with Crippen LogP contribution in [-0.2, 0) is 17.6 Å². The van der Waals surface area contributed by atoms with Crippen molar-refractivity contribution in [2.24, 2.45) is 0 Å². The molecule has 3 rings (SSSR count). The fraction of sp³-hybridized carbons (Fsp3) is 0.667. The quantitative estimate of drug-likeness (QED) is 0.722. The number of carbonyl (C=O) groups excluding carboxylic acids is 1. The van der Waals surface area contributed by atoms with Crippen molar-refractivity contribution in [2.75, 3.05) is 46.4 Å². The average molecular weight is 360 g/mol. The standard InChI is InChI=1S/C21H33N3O2/c1-3-23(11-4-5-12-24-13-10-22-9-8-21(24)25)19-14-17-6-7-20(26-2)16-18(17)15-19/h6-7,16,19,22H,3-5,8-15H2,1-2H3. The Morgan fingerprint density at radius 2 is 2.08 bits per heavy atom. The van der Waals surface area contributed by atoms with E-state index in [0.29, 0.717) is 18.4 Å². The maximum absolute atomic E-state index is 12.1. The Labute approximate surface area is 157 Å². The number of hydrogen-bond donors (Lipinski definition) is 1. The topological polar surface area (TPSA) is 44.8 Å². The second-order valence-corrected chi connectivity index (χ2v) is 7.41. The van der Waals surface area contributed by atoms with Crippen LogP contribution < -0.4 is 10.1 Å². The molecule has 1 N–H and O–H groups in total. The number of benzene rings is 1. The van der Waals surface area contributed by atoms with Crippen molar-refractivity contribution >= 4 is 5.91 Å². The van der Waals surface area contributed by atoms with Crippen molar-refractivity contribution in [1.29, 1.82) is 0 Å². The summed E-state index contributed by atoms with van der Waals surface area (Å²) in [4.78, 5) is 16.7. The van der Waals surface area contributed by atoms with Crippen LogP contribution in [0.5, 0.6) is 5.75 Å². The molecule has 5 nitrogen and oxygen atoms in total. The summed E-state index contributed by atoms with van der Waals surface area (Å²) in [6.07, 6.45) is 5.15. The highest BCUT2D eigenvalue weighted by atomic mass is 16.5. The zero-order valence-corrected chi connectivity index (χ0v) is 16.3. The molecule has 1 heterocycles. The van der Waals surface area contributed by atoms with E-state index in [1.807, 2.05) is 4.90 Å². The Morgan fingerprint density at radius 3 is 2.88 bits per heavy atom. The number of amides is 1. The monoisotopic (exact) mass is 359 g/mol. The Kier molecular flexibility index (Phi) is 6.92. The summed E-state index contributed by atoms with van der Waals surface area (Å²) in [6, 6.07) is 7.10. The summed E-state index contributed by atoms with van der Waals surface area (Å²) in [7, 11) is 1.73. The number of likely N-dealkylation sites (N-methyl/N-ethyl adjacent to an activating group) is 1. The van der Waals surface area contributed by atoms with Crippen LogP contribution in [-0.4, -0.2) is 68.1 Å². The van der Waals surface area contributed by atoms with Crippen LogP contribution in [0.2, 0.25) is 0 Å². The van der Waals surface area contributed by atoms with Gasteiger partial charge in [-0.25, -0.2) is 0 Å². The van der Waals surface area contributed by atoms with E-state index < -0.39 is 0 Å². The van der Waals surface area contributed by atoms with Crippen LogP contribution in [0, 0.1) is 0 Å². The molecule has 1 aromatic rings. The van der Waals surface area contributed by atoms with Gasteiger partial charge in [0, 0.05) is 38.6 Å². The molecule has 26 heavy (non-hydrogen) atoms. The molecule has 1 aromatic carbocycles. The second-order valence-electron chi connectivity index (χ2n) is 7.41. The Bertz CT molecular complexity index is 605. The number of rotatable bonds is 8. The van der Waals surface area contributed by atoms with E-state index in [-0.39, 0.29) is 0 Å². The van der Waals surface area contributed by atoms with Gasteiger partial charge in [0.2, 0.25) is 5.91 Å². The summed E-state index contributed by atoms with van der Waals surface area (Å²) in [5, 5.41) is 3.30. The van der Waals surface area contributed by atoms with Gasteiger partial charge < -0.3 is 15.0 Å². The molecule has 1 aliphatic carbocycles. The molecular weight excluding hydrogens is 326 g/mol. The number of carbonyl (C=O) groups is 1. The van der Waals surface area contributed by atoms with Gasteiger partial charge in [-0.05, 0) is 62.0 Å². The lowest BCUT2D eigenvalue weighted by molar-refractivity contribution is -0.130. The van der Waals surface area contributed by atoms with Crippen molar-refractivity contribution in [3.8, 4) is 5.75 Å². The number of nitrogens with zero attached hydrogens (tertiary/aromatic N) is 2. The SMILES string of the molecule is CCN(CCCCN1CCNCCC1=O)C1Cc2ccc(OC)cc2C1. The van der Waals surface area contributed by atoms with Crippen molar-refractivity contribution in [3.63, 3.8) is 0 Å². The largest absolute Gasteiger partial charge is 0.497 e. The van der Waals surface area contributed by atoms with E-state index in [9.17, 15) is 4.79 Å². The predicted octanol–water partition coefficient (Wildman–Crippen LogP) is 2.09. The number of ether oxygens (including phenoxy) is 1. The van der Waals surface area contributed by atoms with Gasteiger partial charge in [0.25, 0.3) is 0 Å². The third-order valence-corrected chi connectivity index (χ3v) is 5.80. The van der Waals surface area contributed by atoms with Crippen LogP contribution in [0.15, 0.2) is 18.2 Å². The molecule has 1 aliphatic heterocycles. The first kappa shape index (κ1) is 19.2. The molecule has 0 saturated carbocycles. The van der Waals surface area contributed by atoms with Gasteiger partial charge >= 0.3 is 0 Å². The molecule has 0 spiro atoms. The second kappa shape index (κ2) is 9.38. The van der Waals surface area contributed by atoms with E-state index in [0.717, 1.165) is 70.7 Å². The normalized spacial score (nSPS) is 20.3. The predicted molar refractivity (Wildman–Crippen MR) is 105 cm³/mol. The van der Waals surface area contributed by atoms with Crippen molar-refractivity contribution < 1.29 is 9.53 Å². The first-order valence-electron chi connectivity index (χ1n) is 10.1. The molecular formula is C21H33N3O2. The number of methoxy groups -OCH3 is 1. The summed E-state index contributed by atoms with van der Waals surface area (Å²) in [5.41, 5.74) is 2.91. The maximum atomic E-state index is 12.1. The van der Waals surface area contributed by atoms with Crippen LogP contribution in [0.1, 0.15) is 37.3 Å². The van der Waals surface area contributed by atoms with E-state index in [1.54, 1.807) is 7.11 Å². The van der Waals surface area contributed by atoms with Crippen LogP contribution >= 0.6 is 0 Å². The summed E-state index contributed by atoms with van der Waals surface area (Å²) < 4.78 is 5.37.